The normalized spacial score (nSPS) is 12.3. The standard InChI is InChI=1S/C18H21N5O3S/c1-22-14(10-15(24)23(2)18(22)26)17(25)21-13(8-9-27-3)16-19-11-6-4-5-7-12(11)20-16/h4-7,10,13H,8-9H2,1-3H3,(H,19,20)(H,21,25)/t13-/m1/s1. The number of carbonyl (C=O) groups is 1. The molecule has 0 bridgehead atoms. The number of hydrogen-bond acceptors (Lipinski definition) is 5. The molecule has 0 aliphatic heterocycles. The minimum atomic E-state index is -0.544. The van der Waals surface area contributed by atoms with Gasteiger partial charge in [-0.25, -0.2) is 9.78 Å². The van der Waals surface area contributed by atoms with Crippen LogP contribution in [0.4, 0.5) is 0 Å². The molecule has 3 rings (SSSR count). The number of nitrogens with zero attached hydrogens (tertiary/aromatic N) is 3. The fourth-order valence-corrected chi connectivity index (χ4v) is 3.30. The molecule has 0 radical (unpaired) electrons. The quantitative estimate of drug-likeness (QED) is 0.661. The summed E-state index contributed by atoms with van der Waals surface area (Å²) < 4.78 is 2.13. The summed E-state index contributed by atoms with van der Waals surface area (Å²) in [5.74, 6) is 0.976. The van der Waals surface area contributed by atoms with Gasteiger partial charge in [0, 0.05) is 20.2 Å². The summed E-state index contributed by atoms with van der Waals surface area (Å²) in [6.07, 6.45) is 2.65. The van der Waals surface area contributed by atoms with Crippen molar-refractivity contribution < 1.29 is 4.79 Å². The van der Waals surface area contributed by atoms with Crippen LogP contribution in [0.1, 0.15) is 28.8 Å². The van der Waals surface area contributed by atoms with E-state index in [1.54, 1.807) is 11.8 Å². The van der Waals surface area contributed by atoms with Gasteiger partial charge in [-0.3, -0.25) is 18.7 Å². The largest absolute Gasteiger partial charge is 0.341 e. The molecule has 1 amide bonds. The first-order valence-electron chi connectivity index (χ1n) is 8.44. The second-order valence-electron chi connectivity index (χ2n) is 6.22. The van der Waals surface area contributed by atoms with Gasteiger partial charge in [0.25, 0.3) is 11.5 Å². The molecule has 0 fully saturated rings. The smallest absolute Gasteiger partial charge is 0.331 e. The topological polar surface area (TPSA) is 102 Å². The number of H-pyrrole nitrogens is 1. The van der Waals surface area contributed by atoms with E-state index in [4.69, 9.17) is 0 Å². The molecule has 1 atom stereocenters. The molecule has 0 unspecified atom stereocenters. The summed E-state index contributed by atoms with van der Waals surface area (Å²) in [5, 5.41) is 2.91. The van der Waals surface area contributed by atoms with Crippen LogP contribution < -0.4 is 16.6 Å². The van der Waals surface area contributed by atoms with Crippen molar-refractivity contribution in [3.05, 3.63) is 62.7 Å². The number of aromatic nitrogens is 4. The van der Waals surface area contributed by atoms with Crippen molar-refractivity contribution in [2.24, 2.45) is 14.1 Å². The molecule has 0 aliphatic rings. The number of aromatic amines is 1. The number of hydrogen-bond donors (Lipinski definition) is 2. The van der Waals surface area contributed by atoms with E-state index in [2.05, 4.69) is 15.3 Å². The van der Waals surface area contributed by atoms with Gasteiger partial charge >= 0.3 is 5.69 Å². The molecule has 1 aromatic carbocycles. The average Bonchev–Trinajstić information content (AvgIpc) is 3.10. The third-order valence-corrected chi connectivity index (χ3v) is 5.06. The molecule has 9 heteroatoms. The van der Waals surface area contributed by atoms with Crippen LogP contribution >= 0.6 is 11.8 Å². The number of thioether (sulfide) groups is 1. The van der Waals surface area contributed by atoms with E-state index in [0.717, 1.165) is 21.4 Å². The van der Waals surface area contributed by atoms with Crippen LogP contribution in [0.2, 0.25) is 0 Å². The van der Waals surface area contributed by atoms with Crippen LogP contribution in [0.5, 0.6) is 0 Å². The number of fused-ring (bicyclic) bond motifs is 1. The van der Waals surface area contributed by atoms with Crippen molar-refractivity contribution in [2.45, 2.75) is 12.5 Å². The molecular weight excluding hydrogens is 366 g/mol. The Kier molecular flexibility index (Phi) is 5.50. The Morgan fingerprint density at radius 1 is 1.26 bits per heavy atom. The Morgan fingerprint density at radius 2 is 2.00 bits per heavy atom. The van der Waals surface area contributed by atoms with Crippen LogP contribution in [-0.4, -0.2) is 37.0 Å². The highest BCUT2D eigenvalue weighted by Crippen LogP contribution is 2.20. The lowest BCUT2D eigenvalue weighted by Gasteiger charge is -2.17. The molecular formula is C18H21N5O3S. The van der Waals surface area contributed by atoms with Gasteiger partial charge < -0.3 is 10.3 Å². The molecule has 2 aromatic heterocycles. The first kappa shape index (κ1) is 19.0. The van der Waals surface area contributed by atoms with Gasteiger partial charge in [-0.15, -0.1) is 0 Å². The summed E-state index contributed by atoms with van der Waals surface area (Å²) >= 11 is 1.66. The highest BCUT2D eigenvalue weighted by atomic mass is 32.2. The minimum Gasteiger partial charge on any atom is -0.341 e. The second-order valence-corrected chi connectivity index (χ2v) is 7.20. The lowest BCUT2D eigenvalue weighted by Crippen LogP contribution is -2.42. The maximum atomic E-state index is 12.8. The van der Waals surface area contributed by atoms with Gasteiger partial charge in [-0.2, -0.15) is 11.8 Å². The fraction of sp³-hybridized carbons (Fsp3) is 0.333. The van der Waals surface area contributed by atoms with Crippen LogP contribution in [0.25, 0.3) is 11.0 Å². The Bertz CT molecular complexity index is 1070. The molecule has 27 heavy (non-hydrogen) atoms. The van der Waals surface area contributed by atoms with Crippen LogP contribution in [0, 0.1) is 0 Å². The van der Waals surface area contributed by atoms with Crippen molar-refractivity contribution in [2.75, 3.05) is 12.0 Å². The van der Waals surface area contributed by atoms with Gasteiger partial charge in [-0.05, 0) is 30.6 Å². The first-order chi connectivity index (χ1) is 12.9. The third-order valence-electron chi connectivity index (χ3n) is 4.41. The van der Waals surface area contributed by atoms with Crippen molar-refractivity contribution in [1.82, 2.24) is 24.4 Å². The van der Waals surface area contributed by atoms with E-state index < -0.39 is 17.2 Å². The highest BCUT2D eigenvalue weighted by Gasteiger charge is 2.21. The molecule has 2 N–H and O–H groups in total. The zero-order chi connectivity index (χ0) is 19.6. The molecule has 0 saturated carbocycles. The Balaban J connectivity index is 1.94. The lowest BCUT2D eigenvalue weighted by atomic mass is 10.2. The Labute approximate surface area is 159 Å². The molecule has 0 aliphatic carbocycles. The van der Waals surface area contributed by atoms with Crippen molar-refractivity contribution in [3.8, 4) is 0 Å². The number of amides is 1. The summed E-state index contributed by atoms with van der Waals surface area (Å²) in [6, 6.07) is 8.43. The molecule has 2 heterocycles. The van der Waals surface area contributed by atoms with Crippen LogP contribution in [-0.2, 0) is 14.1 Å². The zero-order valence-electron chi connectivity index (χ0n) is 15.4. The van der Waals surface area contributed by atoms with Crippen molar-refractivity contribution >= 4 is 28.7 Å². The first-order valence-corrected chi connectivity index (χ1v) is 9.83. The van der Waals surface area contributed by atoms with Crippen LogP contribution in [0.3, 0.4) is 0 Å². The van der Waals surface area contributed by atoms with Crippen LogP contribution in [0.15, 0.2) is 39.9 Å². The predicted octanol–water partition coefficient (Wildman–Crippen LogP) is 1.18. The fourth-order valence-electron chi connectivity index (χ4n) is 2.83. The molecule has 142 valence electrons. The average molecular weight is 387 g/mol. The molecule has 8 nitrogen and oxygen atoms in total. The summed E-state index contributed by atoms with van der Waals surface area (Å²) in [6.45, 7) is 0. The maximum absolute atomic E-state index is 12.8. The lowest BCUT2D eigenvalue weighted by molar-refractivity contribution is 0.0923. The van der Waals surface area contributed by atoms with Crippen molar-refractivity contribution in [3.63, 3.8) is 0 Å². The Morgan fingerprint density at radius 3 is 2.70 bits per heavy atom. The maximum Gasteiger partial charge on any atom is 0.331 e. The molecule has 0 spiro atoms. The second kappa shape index (κ2) is 7.83. The number of para-hydroxylation sites is 2. The zero-order valence-corrected chi connectivity index (χ0v) is 16.2. The van der Waals surface area contributed by atoms with E-state index in [0.29, 0.717) is 12.2 Å². The van der Waals surface area contributed by atoms with Gasteiger partial charge in [0.1, 0.15) is 11.5 Å². The van der Waals surface area contributed by atoms with E-state index in [1.807, 2.05) is 30.5 Å². The van der Waals surface area contributed by atoms with Gasteiger partial charge in [-0.1, -0.05) is 12.1 Å². The number of benzene rings is 1. The minimum absolute atomic E-state index is 0.0216. The summed E-state index contributed by atoms with van der Waals surface area (Å²) in [7, 11) is 2.84. The van der Waals surface area contributed by atoms with E-state index in [-0.39, 0.29) is 11.7 Å². The number of rotatable bonds is 6. The highest BCUT2D eigenvalue weighted by molar-refractivity contribution is 7.98. The SMILES string of the molecule is CSCC[C@@H](NC(=O)c1cc(=O)n(C)c(=O)n1C)c1nc2ccccc2[nH]1. The monoisotopic (exact) mass is 387 g/mol. The predicted molar refractivity (Wildman–Crippen MR) is 106 cm³/mol. The Hall–Kier alpha value is -2.81. The third kappa shape index (κ3) is 3.82. The van der Waals surface area contributed by atoms with E-state index >= 15 is 0 Å². The van der Waals surface area contributed by atoms with E-state index in [9.17, 15) is 14.4 Å². The van der Waals surface area contributed by atoms with Gasteiger partial charge in [0.05, 0.1) is 17.1 Å². The number of carbonyl (C=O) groups excluding carboxylic acids is 1. The van der Waals surface area contributed by atoms with E-state index in [1.165, 1.54) is 24.7 Å². The number of nitrogens with one attached hydrogen (secondary N) is 2. The molecule has 3 aromatic rings. The van der Waals surface area contributed by atoms with Gasteiger partial charge in [0.2, 0.25) is 0 Å². The molecule has 0 saturated heterocycles. The number of imidazole rings is 1. The summed E-state index contributed by atoms with van der Waals surface area (Å²) in [5.41, 5.74) is 0.659. The van der Waals surface area contributed by atoms with Crippen molar-refractivity contribution in [1.29, 1.82) is 0 Å². The van der Waals surface area contributed by atoms with Gasteiger partial charge in [0.15, 0.2) is 0 Å². The summed E-state index contributed by atoms with van der Waals surface area (Å²) in [4.78, 5) is 44.6.